The molecule has 1 atom stereocenters. The van der Waals surface area contributed by atoms with Gasteiger partial charge >= 0.3 is 0 Å². The number of benzene rings is 2. The van der Waals surface area contributed by atoms with Crippen LogP contribution in [0.1, 0.15) is 51.6 Å². The van der Waals surface area contributed by atoms with Crippen molar-refractivity contribution in [3.05, 3.63) is 77.6 Å². The lowest BCUT2D eigenvalue weighted by molar-refractivity contribution is -0.129. The molecule has 2 aromatic rings. The molecule has 0 spiro atoms. The van der Waals surface area contributed by atoms with E-state index in [4.69, 9.17) is 9.26 Å². The number of hydrogen-bond donors (Lipinski definition) is 0. The lowest BCUT2D eigenvalue weighted by atomic mass is 9.94. The second kappa shape index (κ2) is 9.96. The summed E-state index contributed by atoms with van der Waals surface area (Å²) >= 11 is 0. The van der Waals surface area contributed by atoms with Gasteiger partial charge in [-0.1, -0.05) is 69.3 Å². The molecule has 0 aromatic heterocycles. The minimum absolute atomic E-state index is 0.0120. The number of piperidine rings is 1. The van der Waals surface area contributed by atoms with Crippen LogP contribution in [0.2, 0.25) is 18.1 Å². The summed E-state index contributed by atoms with van der Waals surface area (Å²) in [7, 11) is -2.19. The van der Waals surface area contributed by atoms with E-state index in [9.17, 15) is 4.79 Å². The molecule has 34 heavy (non-hydrogen) atoms. The lowest BCUT2D eigenvalue weighted by Gasteiger charge is -2.44. The van der Waals surface area contributed by atoms with Crippen molar-refractivity contribution in [2.24, 2.45) is 0 Å². The molecule has 6 heteroatoms. The molecule has 1 saturated heterocycles. The number of likely N-dealkylation sites (tertiary alicyclic amines) is 1. The number of para-hydroxylation sites is 1. The van der Waals surface area contributed by atoms with Gasteiger partial charge in [0, 0.05) is 13.1 Å². The number of carbonyl (C=O) groups excluding carboxylic acids is 1. The minimum atomic E-state index is -2.19. The SMILES string of the molecule is CC(C)(C)[Si](C)(C)OC1=C(C(=O)N2CCCCC2)C(c2ccccc2)N(c2ccccc2)OC1. The standard InChI is InChI=1S/C28H38N2O3Si/c1-28(2,3)34(4,5)33-24-21-32-30(23-17-11-7-12-18-23)26(22-15-9-6-10-16-22)25(24)27(31)29-19-13-8-14-20-29/h6-7,9-12,15-18,26H,8,13-14,19-21H2,1-5H3. The molecular weight excluding hydrogens is 440 g/mol. The summed E-state index contributed by atoms with van der Waals surface area (Å²) in [6.07, 6.45) is 3.27. The summed E-state index contributed by atoms with van der Waals surface area (Å²) in [6.45, 7) is 13.0. The second-order valence-corrected chi connectivity index (χ2v) is 15.5. The van der Waals surface area contributed by atoms with Gasteiger partial charge in [0.15, 0.2) is 0 Å². The summed E-state index contributed by atoms with van der Waals surface area (Å²) in [4.78, 5) is 22.6. The fraction of sp³-hybridized carbons (Fsp3) is 0.464. The molecule has 0 N–H and O–H groups in total. The number of nitrogens with zero attached hydrogens (tertiary/aromatic N) is 2. The van der Waals surface area contributed by atoms with E-state index in [2.05, 4.69) is 46.0 Å². The summed E-state index contributed by atoms with van der Waals surface area (Å²) in [6, 6.07) is 19.8. The van der Waals surface area contributed by atoms with E-state index in [-0.39, 0.29) is 23.6 Å². The smallest absolute Gasteiger partial charge is 0.255 e. The maximum absolute atomic E-state index is 14.2. The predicted octanol–water partition coefficient (Wildman–Crippen LogP) is 6.47. The first-order valence-electron chi connectivity index (χ1n) is 12.4. The highest BCUT2D eigenvalue weighted by molar-refractivity contribution is 6.74. The average molecular weight is 479 g/mol. The molecule has 2 aliphatic rings. The molecule has 0 radical (unpaired) electrons. The predicted molar refractivity (Wildman–Crippen MR) is 140 cm³/mol. The molecule has 182 valence electrons. The van der Waals surface area contributed by atoms with Gasteiger partial charge in [-0.15, -0.1) is 0 Å². The Kier molecular flexibility index (Phi) is 7.19. The maximum Gasteiger partial charge on any atom is 0.255 e. The minimum Gasteiger partial charge on any atom is -0.544 e. The zero-order chi connectivity index (χ0) is 24.3. The van der Waals surface area contributed by atoms with Crippen LogP contribution in [0.15, 0.2) is 72.0 Å². The largest absolute Gasteiger partial charge is 0.544 e. The maximum atomic E-state index is 14.2. The Labute approximate surface area is 205 Å². The zero-order valence-corrected chi connectivity index (χ0v) is 22.2. The first-order valence-corrected chi connectivity index (χ1v) is 15.3. The van der Waals surface area contributed by atoms with Gasteiger partial charge in [-0.2, -0.15) is 0 Å². The summed E-state index contributed by atoms with van der Waals surface area (Å²) in [5.41, 5.74) is 2.66. The van der Waals surface area contributed by atoms with Crippen LogP contribution in [-0.2, 0) is 14.1 Å². The van der Waals surface area contributed by atoms with Crippen LogP contribution >= 0.6 is 0 Å². The molecule has 0 bridgehead atoms. The second-order valence-electron chi connectivity index (χ2n) is 10.8. The molecule has 1 amide bonds. The van der Waals surface area contributed by atoms with Crippen LogP contribution in [0.4, 0.5) is 5.69 Å². The Morgan fingerprint density at radius 2 is 1.53 bits per heavy atom. The summed E-state index contributed by atoms with van der Waals surface area (Å²) < 4.78 is 6.82. The highest BCUT2D eigenvalue weighted by atomic mass is 28.4. The molecule has 2 aliphatic heterocycles. The number of carbonyl (C=O) groups is 1. The third-order valence-corrected chi connectivity index (χ3v) is 11.7. The number of rotatable bonds is 5. The molecule has 0 aliphatic carbocycles. The lowest BCUT2D eigenvalue weighted by Crippen LogP contribution is -2.47. The van der Waals surface area contributed by atoms with Gasteiger partial charge in [-0.25, -0.2) is 5.06 Å². The first kappa shape index (κ1) is 24.5. The number of anilines is 1. The van der Waals surface area contributed by atoms with Crippen molar-refractivity contribution >= 4 is 19.9 Å². The van der Waals surface area contributed by atoms with Gasteiger partial charge in [0.25, 0.3) is 5.91 Å². The van der Waals surface area contributed by atoms with Crippen LogP contribution in [0.5, 0.6) is 0 Å². The Morgan fingerprint density at radius 3 is 2.12 bits per heavy atom. The summed E-state index contributed by atoms with van der Waals surface area (Å²) in [5.74, 6) is 0.773. The van der Waals surface area contributed by atoms with Crippen molar-refractivity contribution in [1.82, 2.24) is 4.90 Å². The van der Waals surface area contributed by atoms with Crippen LogP contribution in [-0.4, -0.2) is 38.8 Å². The molecule has 2 heterocycles. The zero-order valence-electron chi connectivity index (χ0n) is 21.2. The van der Waals surface area contributed by atoms with Gasteiger partial charge in [-0.3, -0.25) is 9.63 Å². The molecule has 1 fully saturated rings. The number of hydroxylamine groups is 1. The quantitative estimate of drug-likeness (QED) is 0.462. The van der Waals surface area contributed by atoms with Crippen LogP contribution in [0, 0.1) is 0 Å². The van der Waals surface area contributed by atoms with E-state index in [0.29, 0.717) is 11.3 Å². The van der Waals surface area contributed by atoms with E-state index in [0.717, 1.165) is 37.2 Å². The molecule has 0 saturated carbocycles. The van der Waals surface area contributed by atoms with E-state index < -0.39 is 8.32 Å². The van der Waals surface area contributed by atoms with Gasteiger partial charge in [-0.05, 0) is 55.1 Å². The Hall–Kier alpha value is -2.57. The van der Waals surface area contributed by atoms with Crippen molar-refractivity contribution in [1.29, 1.82) is 0 Å². The number of amides is 1. The Morgan fingerprint density at radius 1 is 0.941 bits per heavy atom. The molecular formula is C28H38N2O3Si. The Balaban J connectivity index is 1.86. The van der Waals surface area contributed by atoms with E-state index >= 15 is 0 Å². The van der Waals surface area contributed by atoms with Gasteiger partial charge < -0.3 is 9.33 Å². The fourth-order valence-electron chi connectivity index (χ4n) is 4.34. The van der Waals surface area contributed by atoms with Crippen LogP contribution in [0.25, 0.3) is 0 Å². The van der Waals surface area contributed by atoms with Gasteiger partial charge in [0.05, 0.1) is 11.3 Å². The van der Waals surface area contributed by atoms with Crippen molar-refractivity contribution in [3.8, 4) is 0 Å². The molecule has 2 aromatic carbocycles. The van der Waals surface area contributed by atoms with Crippen molar-refractivity contribution in [2.75, 3.05) is 24.8 Å². The van der Waals surface area contributed by atoms with E-state index in [1.165, 1.54) is 6.42 Å². The molecule has 4 rings (SSSR count). The normalized spacial score (nSPS) is 19.9. The van der Waals surface area contributed by atoms with E-state index in [1.54, 1.807) is 0 Å². The first-order chi connectivity index (χ1) is 16.2. The van der Waals surface area contributed by atoms with Crippen molar-refractivity contribution in [2.45, 2.75) is 64.2 Å². The van der Waals surface area contributed by atoms with Gasteiger partial charge in [0.2, 0.25) is 8.32 Å². The highest BCUT2D eigenvalue weighted by Crippen LogP contribution is 2.43. The molecule has 1 unspecified atom stereocenters. The fourth-order valence-corrected chi connectivity index (χ4v) is 5.43. The molecule has 5 nitrogen and oxygen atoms in total. The van der Waals surface area contributed by atoms with Crippen molar-refractivity contribution < 1.29 is 14.1 Å². The third kappa shape index (κ3) is 5.08. The average Bonchev–Trinajstić information content (AvgIpc) is 2.84. The number of hydrogen-bond acceptors (Lipinski definition) is 4. The summed E-state index contributed by atoms with van der Waals surface area (Å²) in [5, 5.41) is 1.91. The van der Waals surface area contributed by atoms with Gasteiger partial charge in [0.1, 0.15) is 18.4 Å². The highest BCUT2D eigenvalue weighted by Gasteiger charge is 2.44. The topological polar surface area (TPSA) is 42.0 Å². The third-order valence-electron chi connectivity index (χ3n) is 7.33. The van der Waals surface area contributed by atoms with Crippen LogP contribution < -0.4 is 5.06 Å². The van der Waals surface area contributed by atoms with Crippen LogP contribution in [0.3, 0.4) is 0 Å². The van der Waals surface area contributed by atoms with Crippen molar-refractivity contribution in [3.63, 3.8) is 0 Å². The monoisotopic (exact) mass is 478 g/mol. The Bertz CT molecular complexity index is 1010. The van der Waals surface area contributed by atoms with E-state index in [1.807, 2.05) is 58.5 Å².